The first kappa shape index (κ1) is 28.5. The average Bonchev–Trinajstić information content (AvgIpc) is 3.37. The van der Waals surface area contributed by atoms with Crippen LogP contribution in [0.1, 0.15) is 55.6 Å². The van der Waals surface area contributed by atoms with Gasteiger partial charge in [-0.25, -0.2) is 0 Å². The summed E-state index contributed by atoms with van der Waals surface area (Å²) in [5.74, 6) is 0. The number of hydrogen-bond acceptors (Lipinski definition) is 0. The third-order valence-electron chi connectivity index (χ3n) is 9.20. The molecule has 1 aliphatic rings. The highest BCUT2D eigenvalue weighted by molar-refractivity contribution is 6.38. The van der Waals surface area contributed by atoms with Crippen molar-refractivity contribution in [1.29, 1.82) is 0 Å². The second-order valence-electron chi connectivity index (χ2n) is 12.1. The van der Waals surface area contributed by atoms with Gasteiger partial charge >= 0.3 is 0 Å². The SMILES string of the molecule is Cc1ccccc1Cc1ccc(C(=C2C(c3ccccc3)=[N+](C)c3ccccc32)c2ccc(Cc3ccccc3C)cc2)cc1. The Bertz CT molecular complexity index is 1950. The minimum Gasteiger partial charge on any atom is -0.194 e. The van der Waals surface area contributed by atoms with E-state index in [1.165, 1.54) is 78.2 Å². The predicted octanol–water partition coefficient (Wildman–Crippen LogP) is 10.2. The number of allylic oxidation sites excluding steroid dienone is 1. The van der Waals surface area contributed by atoms with Crippen molar-refractivity contribution >= 4 is 22.5 Å². The lowest BCUT2D eigenvalue weighted by Gasteiger charge is -2.15. The van der Waals surface area contributed by atoms with Crippen molar-refractivity contribution in [3.8, 4) is 0 Å². The molecule has 0 radical (unpaired) electrons. The quantitative estimate of drug-likeness (QED) is 0.165. The maximum absolute atomic E-state index is 2.36. The molecule has 0 saturated heterocycles. The Morgan fingerprint density at radius 3 is 1.49 bits per heavy atom. The minimum absolute atomic E-state index is 0.930. The van der Waals surface area contributed by atoms with Gasteiger partial charge in [-0.15, -0.1) is 0 Å². The van der Waals surface area contributed by atoms with Gasteiger partial charge in [-0.1, -0.05) is 127 Å². The fourth-order valence-electron chi connectivity index (χ4n) is 6.67. The highest BCUT2D eigenvalue weighted by Crippen LogP contribution is 2.43. The molecule has 0 N–H and O–H groups in total. The van der Waals surface area contributed by atoms with E-state index in [-0.39, 0.29) is 0 Å². The summed E-state index contributed by atoms with van der Waals surface area (Å²) in [6, 6.07) is 55.5. The molecule has 218 valence electrons. The molecule has 45 heavy (non-hydrogen) atoms. The molecule has 0 aliphatic carbocycles. The minimum atomic E-state index is 0.930. The van der Waals surface area contributed by atoms with E-state index in [1.807, 2.05) is 0 Å². The maximum atomic E-state index is 2.36. The van der Waals surface area contributed by atoms with Gasteiger partial charge in [0.15, 0.2) is 0 Å². The first-order valence-electron chi connectivity index (χ1n) is 15.8. The molecule has 0 aromatic heterocycles. The zero-order valence-electron chi connectivity index (χ0n) is 26.3. The van der Waals surface area contributed by atoms with Gasteiger partial charge in [0.05, 0.1) is 11.1 Å². The van der Waals surface area contributed by atoms with E-state index in [0.717, 1.165) is 12.8 Å². The highest BCUT2D eigenvalue weighted by Gasteiger charge is 2.36. The zero-order valence-corrected chi connectivity index (χ0v) is 26.3. The second-order valence-corrected chi connectivity index (χ2v) is 12.1. The summed E-state index contributed by atoms with van der Waals surface area (Å²) in [6.07, 6.45) is 1.86. The van der Waals surface area contributed by atoms with Gasteiger partial charge in [-0.05, 0) is 89.4 Å². The predicted molar refractivity (Wildman–Crippen MR) is 190 cm³/mol. The van der Waals surface area contributed by atoms with E-state index in [4.69, 9.17) is 0 Å². The Balaban J connectivity index is 1.38. The van der Waals surface area contributed by atoms with E-state index < -0.39 is 0 Å². The summed E-state index contributed by atoms with van der Waals surface area (Å²) < 4.78 is 2.36. The number of hydrogen-bond donors (Lipinski definition) is 0. The Kier molecular flexibility index (Phi) is 7.84. The van der Waals surface area contributed by atoms with Crippen molar-refractivity contribution in [3.63, 3.8) is 0 Å². The molecule has 0 unspecified atom stereocenters. The first-order valence-corrected chi connectivity index (χ1v) is 15.8. The summed E-state index contributed by atoms with van der Waals surface area (Å²) in [5, 5.41) is 0. The van der Waals surface area contributed by atoms with Crippen LogP contribution in [0.25, 0.3) is 11.1 Å². The highest BCUT2D eigenvalue weighted by atomic mass is 15.0. The van der Waals surface area contributed by atoms with Gasteiger partial charge < -0.3 is 0 Å². The van der Waals surface area contributed by atoms with Gasteiger partial charge in [-0.3, -0.25) is 0 Å². The zero-order chi connectivity index (χ0) is 30.8. The second kappa shape index (κ2) is 12.4. The molecule has 1 nitrogen and oxygen atoms in total. The van der Waals surface area contributed by atoms with Crippen molar-refractivity contribution in [2.45, 2.75) is 26.7 Å². The van der Waals surface area contributed by atoms with Crippen LogP contribution in [0.2, 0.25) is 0 Å². The van der Waals surface area contributed by atoms with Gasteiger partial charge in [-0.2, -0.15) is 4.58 Å². The molecular formula is C44H38N+. The van der Waals surface area contributed by atoms with Gasteiger partial charge in [0.25, 0.3) is 0 Å². The topological polar surface area (TPSA) is 3.01 Å². The van der Waals surface area contributed by atoms with E-state index in [0.29, 0.717) is 0 Å². The number of fused-ring (bicyclic) bond motifs is 1. The van der Waals surface area contributed by atoms with Crippen LogP contribution >= 0.6 is 0 Å². The number of aryl methyl sites for hydroxylation is 2. The van der Waals surface area contributed by atoms with Crippen molar-refractivity contribution in [2.75, 3.05) is 7.05 Å². The lowest BCUT2D eigenvalue weighted by Crippen LogP contribution is -2.11. The fraction of sp³-hybridized carbons (Fsp3) is 0.114. The lowest BCUT2D eigenvalue weighted by molar-refractivity contribution is -0.400. The summed E-state index contributed by atoms with van der Waals surface area (Å²) >= 11 is 0. The van der Waals surface area contributed by atoms with E-state index in [2.05, 4.69) is 177 Å². The standard InChI is InChI=1S/C44H38N/c1-31-13-7-9-17-38(31)29-33-21-25-35(26-22-33)42(36-27-23-34(24-28-36)30-39-18-10-8-14-32(39)2)43-40-19-11-12-20-41(40)45(3)44(43)37-15-5-4-6-16-37/h4-28H,29-30H2,1-3H3/q+1. The molecule has 0 atom stereocenters. The molecule has 0 fully saturated rings. The Morgan fingerprint density at radius 2 is 0.956 bits per heavy atom. The molecule has 1 aliphatic heterocycles. The molecule has 0 bridgehead atoms. The molecular weight excluding hydrogens is 542 g/mol. The number of benzene rings is 6. The van der Waals surface area contributed by atoms with Crippen molar-refractivity contribution in [1.82, 2.24) is 0 Å². The third-order valence-corrected chi connectivity index (χ3v) is 9.20. The van der Waals surface area contributed by atoms with Crippen molar-refractivity contribution < 1.29 is 4.58 Å². The summed E-state index contributed by atoms with van der Waals surface area (Å²) in [5.41, 5.74) is 18.0. The lowest BCUT2D eigenvalue weighted by atomic mass is 9.85. The van der Waals surface area contributed by atoms with Gasteiger partial charge in [0.1, 0.15) is 7.05 Å². The van der Waals surface area contributed by atoms with Gasteiger partial charge in [0, 0.05) is 17.2 Å². The molecule has 6 aromatic rings. The van der Waals surface area contributed by atoms with E-state index in [1.54, 1.807) is 0 Å². The molecule has 1 heteroatoms. The van der Waals surface area contributed by atoms with Crippen molar-refractivity contribution in [2.24, 2.45) is 0 Å². The fourth-order valence-corrected chi connectivity index (χ4v) is 6.67. The Labute approximate surface area is 267 Å². The monoisotopic (exact) mass is 580 g/mol. The van der Waals surface area contributed by atoms with Crippen LogP contribution in [-0.4, -0.2) is 17.3 Å². The van der Waals surface area contributed by atoms with Crippen molar-refractivity contribution in [3.05, 3.63) is 207 Å². The smallest absolute Gasteiger partial charge is 0.194 e. The normalized spacial score (nSPS) is 12.4. The number of nitrogens with zero attached hydrogens (tertiary/aromatic N) is 1. The molecule has 0 saturated carbocycles. The molecule has 0 amide bonds. The molecule has 1 heterocycles. The molecule has 0 spiro atoms. The summed E-state index contributed by atoms with van der Waals surface area (Å²) in [6.45, 7) is 4.40. The first-order chi connectivity index (χ1) is 22.1. The van der Waals surface area contributed by atoms with E-state index in [9.17, 15) is 0 Å². The Hall–Kier alpha value is -5.27. The average molecular weight is 581 g/mol. The van der Waals surface area contributed by atoms with Crippen LogP contribution < -0.4 is 0 Å². The summed E-state index contributed by atoms with van der Waals surface area (Å²) in [4.78, 5) is 0. The van der Waals surface area contributed by atoms with Crippen LogP contribution in [0.3, 0.4) is 0 Å². The van der Waals surface area contributed by atoms with E-state index >= 15 is 0 Å². The maximum Gasteiger partial charge on any atom is 0.221 e. The number of para-hydroxylation sites is 1. The van der Waals surface area contributed by atoms with Crippen LogP contribution in [-0.2, 0) is 12.8 Å². The number of rotatable bonds is 7. The van der Waals surface area contributed by atoms with Crippen LogP contribution in [0, 0.1) is 13.8 Å². The Morgan fingerprint density at radius 1 is 0.489 bits per heavy atom. The largest absolute Gasteiger partial charge is 0.221 e. The van der Waals surface area contributed by atoms with Crippen LogP contribution in [0.4, 0.5) is 5.69 Å². The third kappa shape index (κ3) is 5.70. The van der Waals surface area contributed by atoms with Crippen LogP contribution in [0.5, 0.6) is 0 Å². The molecule has 6 aromatic carbocycles. The van der Waals surface area contributed by atoms with Crippen LogP contribution in [0.15, 0.2) is 152 Å². The summed E-state index contributed by atoms with van der Waals surface area (Å²) in [7, 11) is 2.20. The van der Waals surface area contributed by atoms with Gasteiger partial charge in [0.2, 0.25) is 11.4 Å². The molecule has 7 rings (SSSR count).